The Morgan fingerprint density at radius 3 is 2.63 bits per heavy atom. The largest absolute Gasteiger partial charge is 0.394 e. The van der Waals surface area contributed by atoms with Gasteiger partial charge >= 0.3 is 5.69 Å². The monoisotopic (exact) mass is 380 g/mol. The molecule has 2 rings (SSSR count). The van der Waals surface area contributed by atoms with Gasteiger partial charge in [-0.25, -0.2) is 14.7 Å². The van der Waals surface area contributed by atoms with Crippen molar-refractivity contribution in [1.82, 2.24) is 14.6 Å². The molecule has 0 spiro atoms. The van der Waals surface area contributed by atoms with Crippen LogP contribution in [0.5, 0.6) is 0 Å². The van der Waals surface area contributed by atoms with E-state index in [2.05, 4.69) is 5.32 Å². The minimum atomic E-state index is -0.929. The molecule has 0 atom stereocenters. The minimum Gasteiger partial charge on any atom is -0.394 e. The van der Waals surface area contributed by atoms with Crippen molar-refractivity contribution in [2.24, 2.45) is 7.05 Å². The molecule has 146 valence electrons. The van der Waals surface area contributed by atoms with Crippen LogP contribution in [0.1, 0.15) is 22.8 Å². The van der Waals surface area contributed by atoms with Gasteiger partial charge in [0.15, 0.2) is 0 Å². The summed E-state index contributed by atoms with van der Waals surface area (Å²) in [6, 6.07) is 4.35. The zero-order valence-corrected chi connectivity index (χ0v) is 15.2. The highest BCUT2D eigenvalue weighted by Crippen LogP contribution is 2.21. The number of hydrogen-bond acceptors (Lipinski definition) is 6. The number of aliphatic hydroxyl groups is 1. The van der Waals surface area contributed by atoms with E-state index >= 15 is 0 Å². The third-order valence-electron chi connectivity index (χ3n) is 3.83. The maximum atomic E-state index is 14.2. The molecule has 10 heteroatoms. The molecule has 0 aliphatic rings. The van der Waals surface area contributed by atoms with Gasteiger partial charge in [0.25, 0.3) is 11.5 Å². The number of aliphatic hydroxyl groups excluding tert-OH is 1. The van der Waals surface area contributed by atoms with E-state index in [-0.39, 0.29) is 31.3 Å². The fourth-order valence-corrected chi connectivity index (χ4v) is 2.46. The second-order valence-electron chi connectivity index (χ2n) is 5.73. The van der Waals surface area contributed by atoms with E-state index in [1.54, 1.807) is 19.9 Å². The summed E-state index contributed by atoms with van der Waals surface area (Å²) in [7, 11) is 1.35. The van der Waals surface area contributed by atoms with Crippen molar-refractivity contribution in [1.29, 1.82) is 0 Å². The Morgan fingerprint density at radius 1 is 1.33 bits per heavy atom. The summed E-state index contributed by atoms with van der Waals surface area (Å²) in [6.45, 7) is 2.81. The number of carbonyl (C=O) groups excluding carboxylic acids is 1. The summed E-state index contributed by atoms with van der Waals surface area (Å²) < 4.78 is 16.1. The number of hydrogen-bond donors (Lipinski definition) is 3. The number of aryl methyl sites for hydroxylation is 1. The average Bonchev–Trinajstić information content (AvgIpc) is 2.62. The molecule has 0 aliphatic heterocycles. The third kappa shape index (κ3) is 4.23. The van der Waals surface area contributed by atoms with E-state index in [1.165, 1.54) is 19.2 Å². The Hall–Kier alpha value is -2.98. The number of nitrogens with zero attached hydrogens (tertiary/aromatic N) is 2. The number of nitrogens with one attached hydrogen (secondary N) is 2. The first-order valence-corrected chi connectivity index (χ1v) is 8.21. The van der Waals surface area contributed by atoms with Crippen LogP contribution in [0, 0.1) is 12.7 Å². The number of amides is 1. The number of aromatic nitrogens is 2. The Bertz CT molecular complexity index is 967. The van der Waals surface area contributed by atoms with E-state index in [9.17, 15) is 18.8 Å². The molecule has 3 N–H and O–H groups in total. The topological polar surface area (TPSA) is 115 Å². The van der Waals surface area contributed by atoms with Crippen molar-refractivity contribution in [3.63, 3.8) is 0 Å². The fraction of sp³-hybridized carbons (Fsp3) is 0.353. The lowest BCUT2D eigenvalue weighted by molar-refractivity contribution is 0.0167. The van der Waals surface area contributed by atoms with Crippen LogP contribution in [-0.2, 0) is 18.4 Å². The Morgan fingerprint density at radius 2 is 2.04 bits per heavy atom. The first kappa shape index (κ1) is 20.3. The molecular formula is C17H21FN4O5. The Kier molecular flexibility index (Phi) is 6.48. The lowest BCUT2D eigenvalue weighted by Crippen LogP contribution is -2.44. The molecule has 2 aromatic rings. The second-order valence-corrected chi connectivity index (χ2v) is 5.73. The molecule has 0 aliphatic carbocycles. The molecule has 1 aromatic heterocycles. The van der Waals surface area contributed by atoms with Crippen molar-refractivity contribution in [3.05, 3.63) is 56.0 Å². The lowest BCUT2D eigenvalue weighted by Gasteiger charge is -2.17. The maximum Gasteiger partial charge on any atom is 0.332 e. The normalized spacial score (nSPS) is 10.7. The molecule has 0 unspecified atom stereocenters. The smallest absolute Gasteiger partial charge is 0.332 e. The second kappa shape index (κ2) is 8.60. The van der Waals surface area contributed by atoms with Crippen LogP contribution in [0.4, 0.5) is 15.9 Å². The van der Waals surface area contributed by atoms with Crippen molar-refractivity contribution < 1.29 is 19.1 Å². The molecule has 0 saturated carbocycles. The van der Waals surface area contributed by atoms with Crippen molar-refractivity contribution in [3.8, 4) is 0 Å². The summed E-state index contributed by atoms with van der Waals surface area (Å²) in [5.74, 6) is -1.71. The minimum absolute atomic E-state index is 0.00502. The van der Waals surface area contributed by atoms with Crippen molar-refractivity contribution in [2.45, 2.75) is 20.4 Å². The number of carbonyl (C=O) groups is 1. The number of anilines is 2. The molecule has 9 nitrogen and oxygen atoms in total. The molecular weight excluding hydrogens is 359 g/mol. The predicted octanol–water partition coefficient (Wildman–Crippen LogP) is 0.412. The van der Waals surface area contributed by atoms with Gasteiger partial charge in [-0.3, -0.25) is 23.6 Å². The SMILES string of the molecule is CCn1c(=O)c(C(=O)NOCCO)c(Nc2ccc(C)cc2F)n(C)c1=O. The van der Waals surface area contributed by atoms with Crippen LogP contribution in [0.25, 0.3) is 0 Å². The molecule has 1 amide bonds. The molecule has 0 fully saturated rings. The summed E-state index contributed by atoms with van der Waals surface area (Å²) >= 11 is 0. The third-order valence-corrected chi connectivity index (χ3v) is 3.83. The first-order chi connectivity index (χ1) is 12.8. The number of benzene rings is 1. The van der Waals surface area contributed by atoms with Gasteiger partial charge in [0.1, 0.15) is 17.2 Å². The highest BCUT2D eigenvalue weighted by Gasteiger charge is 2.24. The quantitative estimate of drug-likeness (QED) is 0.474. The molecule has 1 aromatic carbocycles. The van der Waals surface area contributed by atoms with Gasteiger partial charge in [0.2, 0.25) is 0 Å². The molecule has 0 radical (unpaired) electrons. The van der Waals surface area contributed by atoms with Crippen LogP contribution < -0.4 is 22.0 Å². The lowest BCUT2D eigenvalue weighted by atomic mass is 10.2. The number of rotatable bonds is 7. The van der Waals surface area contributed by atoms with E-state index in [1.807, 2.05) is 5.48 Å². The number of halogens is 1. The van der Waals surface area contributed by atoms with Gasteiger partial charge < -0.3 is 10.4 Å². The van der Waals surface area contributed by atoms with Crippen molar-refractivity contribution >= 4 is 17.4 Å². The van der Waals surface area contributed by atoms with E-state index in [4.69, 9.17) is 9.94 Å². The van der Waals surface area contributed by atoms with Crippen LogP contribution >= 0.6 is 0 Å². The number of hydroxylamine groups is 1. The van der Waals surface area contributed by atoms with E-state index in [0.717, 1.165) is 9.13 Å². The standard InChI is InChI=1S/C17H21FN4O5/c1-4-22-16(25)13(15(24)20-27-8-7-23)14(21(3)17(22)26)19-12-6-5-10(2)9-11(12)18/h5-6,9,19,23H,4,7-8H2,1-3H3,(H,20,24). The van der Waals surface area contributed by atoms with Gasteiger partial charge in [0, 0.05) is 13.6 Å². The van der Waals surface area contributed by atoms with Gasteiger partial charge in [-0.15, -0.1) is 0 Å². The molecule has 27 heavy (non-hydrogen) atoms. The average molecular weight is 380 g/mol. The summed E-state index contributed by atoms with van der Waals surface area (Å²) in [4.78, 5) is 42.2. The summed E-state index contributed by atoms with van der Waals surface area (Å²) in [5.41, 5.74) is 0.778. The fourth-order valence-electron chi connectivity index (χ4n) is 2.46. The zero-order valence-electron chi connectivity index (χ0n) is 15.2. The van der Waals surface area contributed by atoms with Gasteiger partial charge in [0.05, 0.1) is 18.9 Å². The Balaban J connectivity index is 2.61. The Labute approximate surface area is 154 Å². The summed E-state index contributed by atoms with van der Waals surface area (Å²) in [5, 5.41) is 11.4. The van der Waals surface area contributed by atoms with Crippen LogP contribution in [0.2, 0.25) is 0 Å². The molecule has 0 bridgehead atoms. The summed E-state index contributed by atoms with van der Waals surface area (Å²) in [6.07, 6.45) is 0. The molecule has 1 heterocycles. The van der Waals surface area contributed by atoms with Crippen LogP contribution in [0.3, 0.4) is 0 Å². The maximum absolute atomic E-state index is 14.2. The van der Waals surface area contributed by atoms with Gasteiger partial charge in [-0.05, 0) is 31.5 Å². The van der Waals surface area contributed by atoms with Gasteiger partial charge in [-0.2, -0.15) is 0 Å². The van der Waals surface area contributed by atoms with Gasteiger partial charge in [-0.1, -0.05) is 6.07 Å². The van der Waals surface area contributed by atoms with E-state index in [0.29, 0.717) is 5.56 Å². The van der Waals surface area contributed by atoms with E-state index < -0.39 is 28.5 Å². The zero-order chi connectivity index (χ0) is 20.1. The van der Waals surface area contributed by atoms with Crippen LogP contribution in [0.15, 0.2) is 27.8 Å². The van der Waals surface area contributed by atoms with Crippen molar-refractivity contribution in [2.75, 3.05) is 18.5 Å². The van der Waals surface area contributed by atoms with Crippen LogP contribution in [-0.4, -0.2) is 33.4 Å². The highest BCUT2D eigenvalue weighted by atomic mass is 19.1. The molecule has 0 saturated heterocycles. The first-order valence-electron chi connectivity index (χ1n) is 8.21. The highest BCUT2D eigenvalue weighted by molar-refractivity contribution is 5.98. The predicted molar refractivity (Wildman–Crippen MR) is 96.5 cm³/mol.